The lowest BCUT2D eigenvalue weighted by Gasteiger charge is -2.28. The first kappa shape index (κ1) is 23.5. The molecule has 0 radical (unpaired) electrons. The van der Waals surface area contributed by atoms with Crippen molar-refractivity contribution in [3.63, 3.8) is 0 Å². The van der Waals surface area contributed by atoms with Gasteiger partial charge < -0.3 is 24.7 Å². The number of ether oxygens (including phenoxy) is 2. The summed E-state index contributed by atoms with van der Waals surface area (Å²) in [6.07, 6.45) is 6.25. The summed E-state index contributed by atoms with van der Waals surface area (Å²) in [5.41, 5.74) is 9.19. The van der Waals surface area contributed by atoms with E-state index >= 15 is 0 Å². The predicted molar refractivity (Wildman–Crippen MR) is 137 cm³/mol. The minimum Gasteiger partial charge on any atom is -0.379 e. The summed E-state index contributed by atoms with van der Waals surface area (Å²) < 4.78 is 13.5. The van der Waals surface area contributed by atoms with Crippen LogP contribution in [-0.2, 0) is 22.4 Å². The molecule has 1 aliphatic carbocycles. The third kappa shape index (κ3) is 5.00. The number of imidazole rings is 1. The van der Waals surface area contributed by atoms with Gasteiger partial charge in [0.25, 0.3) is 0 Å². The molecule has 0 atom stereocenters. The van der Waals surface area contributed by atoms with Crippen LogP contribution in [-0.4, -0.2) is 93.5 Å². The van der Waals surface area contributed by atoms with Crippen LogP contribution in [0.1, 0.15) is 30.8 Å². The zero-order valence-corrected chi connectivity index (χ0v) is 21.0. The van der Waals surface area contributed by atoms with E-state index in [0.29, 0.717) is 25.0 Å². The monoisotopic (exact) mass is 493 g/mol. The van der Waals surface area contributed by atoms with E-state index in [1.807, 2.05) is 6.92 Å². The average Bonchev–Trinajstić information content (AvgIpc) is 3.66. The Labute approximate surface area is 211 Å². The molecule has 11 nitrogen and oxygen atoms in total. The van der Waals surface area contributed by atoms with Gasteiger partial charge in [0.1, 0.15) is 5.82 Å². The minimum absolute atomic E-state index is 0.257. The molecular weight excluding hydrogens is 458 g/mol. The van der Waals surface area contributed by atoms with Crippen molar-refractivity contribution in [1.82, 2.24) is 34.4 Å². The Balaban J connectivity index is 1.40. The molecule has 192 valence electrons. The molecule has 0 amide bonds. The Morgan fingerprint density at radius 3 is 2.44 bits per heavy atom. The van der Waals surface area contributed by atoms with Crippen LogP contribution in [0, 0.1) is 12.8 Å². The zero-order valence-electron chi connectivity index (χ0n) is 21.0. The highest BCUT2D eigenvalue weighted by Crippen LogP contribution is 2.35. The average molecular weight is 494 g/mol. The lowest BCUT2D eigenvalue weighted by atomic mass is 10.2. The number of anilines is 2. The highest BCUT2D eigenvalue weighted by Gasteiger charge is 2.28. The molecule has 0 aromatic carbocycles. The molecule has 11 heteroatoms. The molecule has 0 unspecified atom stereocenters. The lowest BCUT2D eigenvalue weighted by Crippen LogP contribution is -2.37. The first-order valence-electron chi connectivity index (χ1n) is 13.1. The molecule has 3 fully saturated rings. The van der Waals surface area contributed by atoms with E-state index in [4.69, 9.17) is 30.2 Å². The summed E-state index contributed by atoms with van der Waals surface area (Å²) in [6.45, 7) is 10.6. The van der Waals surface area contributed by atoms with E-state index in [9.17, 15) is 0 Å². The first-order valence-corrected chi connectivity index (χ1v) is 13.1. The number of aryl methyl sites for hydroxylation is 2. The number of fused-ring (bicyclic) bond motifs is 1. The fourth-order valence-corrected chi connectivity index (χ4v) is 5.08. The smallest absolute Gasteiger partial charge is 0.220 e. The Bertz CT molecular complexity index is 1210. The topological polar surface area (TPSA) is 120 Å². The Morgan fingerprint density at radius 1 is 0.972 bits per heavy atom. The van der Waals surface area contributed by atoms with Crippen LogP contribution in [0.25, 0.3) is 22.6 Å². The second-order valence-electron chi connectivity index (χ2n) is 10.0. The highest BCUT2D eigenvalue weighted by molar-refractivity contribution is 5.86. The Morgan fingerprint density at radius 2 is 1.72 bits per heavy atom. The maximum Gasteiger partial charge on any atom is 0.220 e. The minimum atomic E-state index is 0.257. The van der Waals surface area contributed by atoms with Crippen LogP contribution in [0.15, 0.2) is 6.20 Å². The second kappa shape index (κ2) is 10.2. The van der Waals surface area contributed by atoms with E-state index in [0.717, 1.165) is 99.4 Å². The van der Waals surface area contributed by atoms with Crippen LogP contribution in [0.3, 0.4) is 0 Å². The number of nitrogens with zero attached hydrogens (tertiary/aromatic N) is 8. The van der Waals surface area contributed by atoms with Crippen LogP contribution >= 0.6 is 0 Å². The predicted octanol–water partition coefficient (Wildman–Crippen LogP) is 1.69. The van der Waals surface area contributed by atoms with Gasteiger partial charge in [0.15, 0.2) is 22.8 Å². The third-order valence-electron chi connectivity index (χ3n) is 7.32. The molecular formula is C25H35N9O2. The van der Waals surface area contributed by atoms with Crippen molar-refractivity contribution in [2.75, 3.05) is 69.8 Å². The van der Waals surface area contributed by atoms with Crippen molar-refractivity contribution < 1.29 is 9.47 Å². The molecule has 0 bridgehead atoms. The fourth-order valence-electron chi connectivity index (χ4n) is 5.08. The van der Waals surface area contributed by atoms with Gasteiger partial charge in [0, 0.05) is 45.3 Å². The number of aromatic nitrogens is 6. The third-order valence-corrected chi connectivity index (χ3v) is 7.32. The van der Waals surface area contributed by atoms with Crippen molar-refractivity contribution in [3.05, 3.63) is 17.7 Å². The van der Waals surface area contributed by atoms with Crippen molar-refractivity contribution in [1.29, 1.82) is 0 Å². The van der Waals surface area contributed by atoms with Crippen molar-refractivity contribution in [2.45, 2.75) is 39.2 Å². The highest BCUT2D eigenvalue weighted by atomic mass is 16.5. The Hall–Kier alpha value is -2.89. The largest absolute Gasteiger partial charge is 0.379 e. The van der Waals surface area contributed by atoms with Gasteiger partial charge in [-0.15, -0.1) is 0 Å². The molecule has 3 aliphatic rings. The molecule has 1 saturated carbocycles. The first-order chi connectivity index (χ1) is 17.7. The number of nitrogen functional groups attached to an aromatic ring is 1. The molecule has 5 heterocycles. The van der Waals surface area contributed by atoms with E-state index < -0.39 is 0 Å². The quantitative estimate of drug-likeness (QED) is 0.496. The summed E-state index contributed by atoms with van der Waals surface area (Å²) in [7, 11) is 0. The molecule has 3 aromatic rings. The number of hydrogen-bond acceptors (Lipinski definition) is 10. The molecule has 2 saturated heterocycles. The zero-order chi connectivity index (χ0) is 24.5. The SMILES string of the molecule is Cc1nc(N)ncc1-c1nc(N2CCOCC2)c2nc(CCCN3CCOCC3)n(CC3CC3)c2n1. The molecule has 36 heavy (non-hydrogen) atoms. The summed E-state index contributed by atoms with van der Waals surface area (Å²) in [5, 5.41) is 0. The number of morpholine rings is 2. The molecule has 0 spiro atoms. The van der Waals surface area contributed by atoms with E-state index in [-0.39, 0.29) is 5.95 Å². The van der Waals surface area contributed by atoms with Crippen molar-refractivity contribution in [2.24, 2.45) is 5.92 Å². The van der Waals surface area contributed by atoms with E-state index in [1.54, 1.807) is 6.20 Å². The van der Waals surface area contributed by atoms with Gasteiger partial charge in [0.05, 0.1) is 37.7 Å². The molecule has 2 aliphatic heterocycles. The molecule has 6 rings (SSSR count). The maximum absolute atomic E-state index is 5.82. The van der Waals surface area contributed by atoms with Gasteiger partial charge in [-0.25, -0.2) is 24.9 Å². The van der Waals surface area contributed by atoms with Gasteiger partial charge >= 0.3 is 0 Å². The van der Waals surface area contributed by atoms with Crippen molar-refractivity contribution in [3.8, 4) is 11.4 Å². The van der Waals surface area contributed by atoms with Crippen LogP contribution < -0.4 is 10.6 Å². The molecule has 3 aromatic heterocycles. The second-order valence-corrected chi connectivity index (χ2v) is 10.0. The number of rotatable bonds is 8. The van der Waals surface area contributed by atoms with Gasteiger partial charge in [0.2, 0.25) is 5.95 Å². The standard InChI is InChI=1S/C25H35N9O2/c1-17-19(15-27-25(26)28-17)22-30-23(33-9-13-36-14-10-33)21-24(31-22)34(16-18-4-5-18)20(29-21)3-2-6-32-7-11-35-12-8-32/h15,18H,2-14,16H2,1H3,(H2,26,27,28). The van der Waals surface area contributed by atoms with Gasteiger partial charge in [-0.1, -0.05) is 0 Å². The summed E-state index contributed by atoms with van der Waals surface area (Å²) in [4.78, 5) is 28.6. The van der Waals surface area contributed by atoms with Crippen molar-refractivity contribution >= 4 is 22.9 Å². The van der Waals surface area contributed by atoms with Gasteiger partial charge in [-0.3, -0.25) is 4.90 Å². The fraction of sp³-hybridized carbons (Fsp3) is 0.640. The number of nitrogens with two attached hydrogens (primary N) is 1. The normalized spacial score (nSPS) is 19.3. The van der Waals surface area contributed by atoms with E-state index in [1.165, 1.54) is 12.8 Å². The van der Waals surface area contributed by atoms with Gasteiger partial charge in [-0.2, -0.15) is 0 Å². The number of hydrogen-bond donors (Lipinski definition) is 1. The van der Waals surface area contributed by atoms with Crippen LogP contribution in [0.5, 0.6) is 0 Å². The summed E-state index contributed by atoms with van der Waals surface area (Å²) in [5.74, 6) is 3.56. The maximum atomic E-state index is 5.82. The summed E-state index contributed by atoms with van der Waals surface area (Å²) >= 11 is 0. The van der Waals surface area contributed by atoms with E-state index in [2.05, 4.69) is 24.3 Å². The lowest BCUT2D eigenvalue weighted by molar-refractivity contribution is 0.0374. The van der Waals surface area contributed by atoms with Gasteiger partial charge in [-0.05, 0) is 38.6 Å². The van der Waals surface area contributed by atoms with Crippen LogP contribution in [0.4, 0.5) is 11.8 Å². The Kier molecular flexibility index (Phi) is 6.68. The molecule has 2 N–H and O–H groups in total. The summed E-state index contributed by atoms with van der Waals surface area (Å²) in [6, 6.07) is 0. The van der Waals surface area contributed by atoms with Crippen LogP contribution in [0.2, 0.25) is 0 Å².